The molecule has 6 atom stereocenters. The third-order valence-electron chi connectivity index (χ3n) is 13.8. The second-order valence-corrected chi connectivity index (χ2v) is 18.4. The van der Waals surface area contributed by atoms with Gasteiger partial charge in [-0.05, 0) is 74.8 Å². The number of carbonyl (C=O) groups excluding carboxylic acids is 3. The number of nitrogens with one attached hydrogen (secondary N) is 4. The summed E-state index contributed by atoms with van der Waals surface area (Å²) in [6, 6.07) is 25.9. The van der Waals surface area contributed by atoms with Crippen LogP contribution in [0.3, 0.4) is 0 Å². The minimum Gasteiger partial charge on any atom is -0.361 e. The Morgan fingerprint density at radius 1 is 0.727 bits per heavy atom. The first-order chi connectivity index (χ1) is 32.4. The van der Waals surface area contributed by atoms with Gasteiger partial charge in [-0.3, -0.25) is 23.7 Å². The van der Waals surface area contributed by atoms with E-state index >= 15 is 0 Å². The molecule has 4 N–H and O–H groups in total. The topological polar surface area (TPSA) is 168 Å². The monoisotopic (exact) mass is 894 g/mol. The Morgan fingerprint density at radius 2 is 1.33 bits per heavy atom. The molecule has 3 amide bonds. The zero-order valence-corrected chi connectivity index (χ0v) is 38.7. The van der Waals surface area contributed by atoms with Crippen molar-refractivity contribution in [2.45, 2.75) is 152 Å². The molecule has 2 aliphatic heterocycles. The number of hydrogen-bond donors (Lipinski definition) is 4. The number of fused-ring (bicyclic) bond motifs is 2. The van der Waals surface area contributed by atoms with Gasteiger partial charge in [-0.2, -0.15) is 0 Å². The molecular formula is C52H67N11O3. The summed E-state index contributed by atoms with van der Waals surface area (Å²) in [6.07, 6.45) is 20.1. The molecule has 14 heteroatoms. The summed E-state index contributed by atoms with van der Waals surface area (Å²) >= 11 is 0. The molecule has 2 fully saturated rings. The molecule has 6 aromatic rings. The first-order valence-corrected chi connectivity index (χ1v) is 24.4. The van der Waals surface area contributed by atoms with Crippen LogP contribution in [0.5, 0.6) is 0 Å². The summed E-state index contributed by atoms with van der Waals surface area (Å²) in [5.41, 5.74) is 5.88. The Labute approximate surface area is 388 Å². The average Bonchev–Trinajstić information content (AvgIpc) is 4.19. The molecule has 348 valence electrons. The number of para-hydroxylation sites is 1. The van der Waals surface area contributed by atoms with Crippen LogP contribution < -0.4 is 16.0 Å². The van der Waals surface area contributed by atoms with Crippen LogP contribution in [-0.4, -0.2) is 88.8 Å². The zero-order chi connectivity index (χ0) is 45.7. The molecule has 8 rings (SSSR count). The maximum absolute atomic E-state index is 14.5. The van der Waals surface area contributed by atoms with Crippen molar-refractivity contribution < 1.29 is 14.4 Å². The minimum absolute atomic E-state index is 0.0517. The Morgan fingerprint density at radius 3 is 2.03 bits per heavy atom. The standard InChI is InChI=1S/C52H67N11O3/c1-37(38-21-11-9-12-22-38)46-35-61(59-57-46)31-19-7-5-3-4-6-8-20-32-62-36-47(58-60-62)49(39-23-13-10-14-24-39)56-51(65)48-30-29-41-25-15-17-28-44(52(66)63(41)48)55-50(64)45(53-2)33-40-34-54-43-27-18-16-26-42(40)43/h9-14,16,18,21-24,26-27,34-37,41,44-45,48-49,53-54H,3-8,15,17,19-20,25,28-33H2,1-2H3,(H,55,64)(H,56,65)/t37-,41-,44-,45-,48-,49-/m0/s1. The fraction of sp³-hybridized carbons (Fsp3) is 0.481. The fourth-order valence-electron chi connectivity index (χ4n) is 9.95. The minimum atomic E-state index is -0.711. The number of aryl methyl sites for hydroxylation is 2. The van der Waals surface area contributed by atoms with Crippen molar-refractivity contribution >= 4 is 28.6 Å². The molecule has 66 heavy (non-hydrogen) atoms. The molecule has 0 saturated carbocycles. The van der Waals surface area contributed by atoms with E-state index in [-0.39, 0.29) is 29.7 Å². The van der Waals surface area contributed by atoms with Gasteiger partial charge >= 0.3 is 0 Å². The Kier molecular flexibility index (Phi) is 16.1. The van der Waals surface area contributed by atoms with Gasteiger partial charge < -0.3 is 25.8 Å². The molecule has 3 aromatic carbocycles. The van der Waals surface area contributed by atoms with E-state index in [1.807, 2.05) is 82.4 Å². The van der Waals surface area contributed by atoms with Gasteiger partial charge in [-0.1, -0.05) is 148 Å². The van der Waals surface area contributed by atoms with Gasteiger partial charge in [-0.25, -0.2) is 0 Å². The Balaban J connectivity index is 0.800. The van der Waals surface area contributed by atoms with Crippen LogP contribution in [-0.2, 0) is 33.9 Å². The van der Waals surface area contributed by atoms with E-state index in [0.717, 1.165) is 85.8 Å². The molecule has 14 nitrogen and oxygen atoms in total. The van der Waals surface area contributed by atoms with Crippen LogP contribution in [0.1, 0.15) is 137 Å². The first-order valence-electron chi connectivity index (χ1n) is 24.4. The lowest BCUT2D eigenvalue weighted by Crippen LogP contribution is -2.58. The van der Waals surface area contributed by atoms with Crippen molar-refractivity contribution in [2.75, 3.05) is 7.05 Å². The smallest absolute Gasteiger partial charge is 0.246 e. The van der Waals surface area contributed by atoms with Crippen molar-refractivity contribution in [1.82, 2.24) is 55.8 Å². The maximum Gasteiger partial charge on any atom is 0.246 e. The van der Waals surface area contributed by atoms with E-state index in [9.17, 15) is 14.4 Å². The molecule has 0 spiro atoms. The van der Waals surface area contributed by atoms with Crippen molar-refractivity contribution in [2.24, 2.45) is 0 Å². The lowest BCUT2D eigenvalue weighted by molar-refractivity contribution is -0.144. The number of likely N-dealkylation sites (N-methyl/N-ethyl adjacent to an activating group) is 1. The number of carbonyl (C=O) groups is 3. The fourth-order valence-corrected chi connectivity index (χ4v) is 9.95. The molecular weight excluding hydrogens is 827 g/mol. The number of aromatic amines is 1. The number of rotatable bonds is 22. The zero-order valence-electron chi connectivity index (χ0n) is 38.7. The predicted octanol–water partition coefficient (Wildman–Crippen LogP) is 7.78. The van der Waals surface area contributed by atoms with Gasteiger partial charge in [0.05, 0.1) is 24.0 Å². The van der Waals surface area contributed by atoms with Crippen LogP contribution in [0.25, 0.3) is 10.9 Å². The molecule has 2 saturated heterocycles. The molecule has 5 heterocycles. The van der Waals surface area contributed by atoms with Crippen LogP contribution in [0.15, 0.2) is 104 Å². The highest BCUT2D eigenvalue weighted by molar-refractivity contribution is 5.94. The summed E-state index contributed by atoms with van der Waals surface area (Å²) in [5, 5.41) is 28.5. The molecule has 0 bridgehead atoms. The van der Waals surface area contributed by atoms with Crippen LogP contribution in [0.4, 0.5) is 0 Å². The van der Waals surface area contributed by atoms with Gasteiger partial charge in [-0.15, -0.1) is 10.2 Å². The third-order valence-corrected chi connectivity index (χ3v) is 13.8. The second-order valence-electron chi connectivity index (χ2n) is 18.4. The summed E-state index contributed by atoms with van der Waals surface area (Å²) < 4.78 is 3.86. The number of aromatic nitrogens is 7. The summed E-state index contributed by atoms with van der Waals surface area (Å²) in [7, 11) is 1.77. The van der Waals surface area contributed by atoms with E-state index in [1.165, 1.54) is 37.7 Å². The van der Waals surface area contributed by atoms with Crippen LogP contribution in [0.2, 0.25) is 0 Å². The highest BCUT2D eigenvalue weighted by atomic mass is 16.2. The number of H-pyrrole nitrogens is 1. The lowest BCUT2D eigenvalue weighted by Gasteiger charge is -2.36. The molecule has 0 unspecified atom stereocenters. The highest BCUT2D eigenvalue weighted by Gasteiger charge is 2.44. The lowest BCUT2D eigenvalue weighted by atomic mass is 9.98. The molecule has 2 aliphatic rings. The van der Waals surface area contributed by atoms with Crippen LogP contribution >= 0.6 is 0 Å². The summed E-state index contributed by atoms with van der Waals surface area (Å²) in [4.78, 5) is 47.7. The van der Waals surface area contributed by atoms with Gasteiger partial charge in [0.15, 0.2) is 0 Å². The predicted molar refractivity (Wildman–Crippen MR) is 256 cm³/mol. The number of benzene rings is 3. The Bertz CT molecular complexity index is 2460. The number of hydrogen-bond acceptors (Lipinski definition) is 8. The van der Waals surface area contributed by atoms with E-state index < -0.39 is 24.2 Å². The quantitative estimate of drug-likeness (QED) is 0.0502. The largest absolute Gasteiger partial charge is 0.361 e. The van der Waals surface area contributed by atoms with E-state index in [1.54, 1.807) is 11.9 Å². The normalized spacial score (nSPS) is 18.9. The van der Waals surface area contributed by atoms with Crippen molar-refractivity contribution in [3.05, 3.63) is 132 Å². The van der Waals surface area contributed by atoms with Crippen molar-refractivity contribution in [3.63, 3.8) is 0 Å². The number of amides is 3. The van der Waals surface area contributed by atoms with Gasteiger partial charge in [0.2, 0.25) is 17.7 Å². The summed E-state index contributed by atoms with van der Waals surface area (Å²) in [6.45, 7) is 3.83. The van der Waals surface area contributed by atoms with E-state index in [2.05, 4.69) is 78.9 Å². The van der Waals surface area contributed by atoms with Crippen LogP contribution in [0, 0.1) is 0 Å². The van der Waals surface area contributed by atoms with E-state index in [4.69, 9.17) is 0 Å². The number of unbranched alkanes of at least 4 members (excludes halogenated alkanes) is 7. The average molecular weight is 894 g/mol. The van der Waals surface area contributed by atoms with Crippen molar-refractivity contribution in [3.8, 4) is 0 Å². The second kappa shape index (κ2) is 22.8. The molecule has 0 aliphatic carbocycles. The van der Waals surface area contributed by atoms with E-state index in [0.29, 0.717) is 25.0 Å². The first kappa shape index (κ1) is 46.4. The Hall–Kier alpha value is -6.15. The van der Waals surface area contributed by atoms with Crippen molar-refractivity contribution in [1.29, 1.82) is 0 Å². The molecule has 3 aromatic heterocycles. The SMILES string of the molecule is CN[C@@H](Cc1c[nH]c2ccccc12)C(=O)N[C@H]1CCCC[C@H]2CC[C@@H](C(=O)N[C@@H](c3ccccc3)c3cn(CCCCCCCCCCn4cc([C@@H](C)c5ccccc5)nn4)nn3)N2C1=O. The number of nitrogens with zero attached hydrogens (tertiary/aromatic N) is 7. The van der Waals surface area contributed by atoms with Gasteiger partial charge in [0.1, 0.15) is 17.8 Å². The third kappa shape index (κ3) is 11.6. The van der Waals surface area contributed by atoms with Gasteiger partial charge in [0.25, 0.3) is 0 Å². The highest BCUT2D eigenvalue weighted by Crippen LogP contribution is 2.33. The maximum atomic E-state index is 14.5. The summed E-state index contributed by atoms with van der Waals surface area (Å²) in [5.74, 6) is -0.381. The van der Waals surface area contributed by atoms with Gasteiger partial charge in [0, 0.05) is 48.3 Å². The molecule has 0 radical (unpaired) electrons.